The van der Waals surface area contributed by atoms with Crippen molar-refractivity contribution in [1.29, 1.82) is 0 Å². The highest BCUT2D eigenvalue weighted by molar-refractivity contribution is 9.09. The summed E-state index contributed by atoms with van der Waals surface area (Å²) in [6.07, 6.45) is 3.00. The molecular weight excluding hydrogens is 370 g/mol. The lowest BCUT2D eigenvalue weighted by molar-refractivity contribution is 0.169. The highest BCUT2D eigenvalue weighted by Crippen LogP contribution is 2.33. The fourth-order valence-electron chi connectivity index (χ4n) is 3.10. The zero-order valence-corrected chi connectivity index (χ0v) is 15.3. The number of halogens is 1. The largest absolute Gasteiger partial charge is 0.497 e. The van der Waals surface area contributed by atoms with Gasteiger partial charge in [-0.05, 0) is 36.2 Å². The Hall–Kier alpha value is -1.95. The normalized spacial score (nSPS) is 16.6. The number of nitrogens with one attached hydrogen (secondary N) is 1. The Morgan fingerprint density at radius 3 is 2.79 bits per heavy atom. The predicted molar refractivity (Wildman–Crippen MR) is 97.8 cm³/mol. The van der Waals surface area contributed by atoms with Crippen molar-refractivity contribution in [1.82, 2.24) is 14.8 Å². The second-order valence-corrected chi connectivity index (χ2v) is 6.56. The third-order valence-corrected chi connectivity index (χ3v) is 4.88. The number of aromatic nitrogens is 1. The Balaban J connectivity index is 1.88. The molecule has 1 N–H and O–H groups in total. The quantitative estimate of drug-likeness (QED) is 0.626. The Kier molecular flexibility index (Phi) is 5.45. The first kappa shape index (κ1) is 16.9. The number of benzene rings is 1. The summed E-state index contributed by atoms with van der Waals surface area (Å²) < 4.78 is 7.47. The maximum atomic E-state index is 12.7. The van der Waals surface area contributed by atoms with Crippen molar-refractivity contribution >= 4 is 22.0 Å². The van der Waals surface area contributed by atoms with Crippen LogP contribution in [0.25, 0.3) is 0 Å². The van der Waals surface area contributed by atoms with Crippen molar-refractivity contribution in [3.8, 4) is 5.75 Å². The van der Waals surface area contributed by atoms with Crippen molar-refractivity contribution in [2.24, 2.45) is 0 Å². The van der Waals surface area contributed by atoms with Crippen LogP contribution in [0.2, 0.25) is 0 Å². The van der Waals surface area contributed by atoms with Crippen LogP contribution < -0.4 is 10.1 Å². The molecule has 128 valence electrons. The third-order valence-electron chi connectivity index (χ3n) is 4.32. The second kappa shape index (κ2) is 7.75. The molecule has 0 unspecified atom stereocenters. The van der Waals surface area contributed by atoms with E-state index in [1.807, 2.05) is 35.2 Å². The minimum Gasteiger partial charge on any atom is -0.497 e. The van der Waals surface area contributed by atoms with Crippen LogP contribution in [0.15, 0.2) is 42.6 Å². The molecule has 2 heterocycles. The van der Waals surface area contributed by atoms with E-state index in [-0.39, 0.29) is 12.1 Å². The van der Waals surface area contributed by atoms with Gasteiger partial charge >= 0.3 is 6.03 Å². The van der Waals surface area contributed by atoms with Gasteiger partial charge in [0.2, 0.25) is 0 Å². The Bertz CT molecular complexity index is 684. The van der Waals surface area contributed by atoms with E-state index in [9.17, 15) is 4.79 Å². The maximum Gasteiger partial charge on any atom is 0.318 e. The molecule has 2 aromatic rings. The summed E-state index contributed by atoms with van der Waals surface area (Å²) in [6, 6.07) is 12.0. The van der Waals surface area contributed by atoms with Gasteiger partial charge in [-0.25, -0.2) is 4.79 Å². The molecule has 0 saturated heterocycles. The van der Waals surface area contributed by atoms with Gasteiger partial charge in [0.05, 0.1) is 13.2 Å². The SMILES string of the molecule is COc1ccc([C@H]2c3cccn3CCN2C(=O)NCCCBr)cc1. The average Bonchev–Trinajstić information content (AvgIpc) is 3.10. The fourth-order valence-corrected chi connectivity index (χ4v) is 3.38. The topological polar surface area (TPSA) is 46.5 Å². The third kappa shape index (κ3) is 3.43. The molecule has 2 amide bonds. The fraction of sp³-hybridized carbons (Fsp3) is 0.389. The summed E-state index contributed by atoms with van der Waals surface area (Å²) >= 11 is 3.39. The number of carbonyl (C=O) groups excluding carboxylic acids is 1. The number of nitrogens with zero attached hydrogens (tertiary/aromatic N) is 2. The molecule has 3 rings (SSSR count). The van der Waals surface area contributed by atoms with Gasteiger partial charge in [-0.2, -0.15) is 0 Å². The number of ether oxygens (including phenoxy) is 1. The van der Waals surface area contributed by atoms with E-state index < -0.39 is 0 Å². The molecule has 0 fully saturated rings. The number of carbonyl (C=O) groups is 1. The Labute approximate surface area is 150 Å². The van der Waals surface area contributed by atoms with Crippen LogP contribution in [0.4, 0.5) is 4.79 Å². The summed E-state index contributed by atoms with van der Waals surface area (Å²) in [4.78, 5) is 14.6. The van der Waals surface area contributed by atoms with Crippen molar-refractivity contribution in [2.75, 3.05) is 25.5 Å². The highest BCUT2D eigenvalue weighted by atomic mass is 79.9. The molecule has 5 nitrogen and oxygen atoms in total. The van der Waals surface area contributed by atoms with Crippen LogP contribution in [0.5, 0.6) is 5.75 Å². The number of methoxy groups -OCH3 is 1. The van der Waals surface area contributed by atoms with Crippen molar-refractivity contribution in [3.05, 3.63) is 53.9 Å². The minimum absolute atomic E-state index is 0.00998. The van der Waals surface area contributed by atoms with Gasteiger partial charge in [0.15, 0.2) is 0 Å². The van der Waals surface area contributed by atoms with Crippen molar-refractivity contribution in [3.63, 3.8) is 0 Å². The van der Waals surface area contributed by atoms with Crippen LogP contribution in [0, 0.1) is 0 Å². The molecule has 0 bridgehead atoms. The van der Waals surface area contributed by atoms with Crippen LogP contribution >= 0.6 is 15.9 Å². The molecule has 1 aromatic heterocycles. The zero-order valence-electron chi connectivity index (χ0n) is 13.7. The first-order valence-corrected chi connectivity index (χ1v) is 9.26. The summed E-state index contributed by atoms with van der Waals surface area (Å²) in [7, 11) is 1.66. The number of alkyl halides is 1. The summed E-state index contributed by atoms with van der Waals surface area (Å²) in [5.41, 5.74) is 2.23. The van der Waals surface area contributed by atoms with E-state index in [0.29, 0.717) is 13.1 Å². The molecule has 0 radical (unpaired) electrons. The smallest absolute Gasteiger partial charge is 0.318 e. The Morgan fingerprint density at radius 2 is 2.08 bits per heavy atom. The van der Waals surface area contributed by atoms with Crippen LogP contribution in [-0.2, 0) is 6.54 Å². The average molecular weight is 392 g/mol. The van der Waals surface area contributed by atoms with E-state index in [0.717, 1.165) is 35.3 Å². The van der Waals surface area contributed by atoms with Crippen LogP contribution in [-0.4, -0.2) is 41.0 Å². The molecule has 1 aromatic carbocycles. The van der Waals surface area contributed by atoms with Gasteiger partial charge in [-0.3, -0.25) is 0 Å². The van der Waals surface area contributed by atoms with E-state index in [1.165, 1.54) is 0 Å². The first-order valence-electron chi connectivity index (χ1n) is 8.14. The number of hydrogen-bond acceptors (Lipinski definition) is 2. The first-order chi connectivity index (χ1) is 11.7. The number of urea groups is 1. The summed E-state index contributed by atoms with van der Waals surface area (Å²) in [5, 5.41) is 3.91. The molecule has 24 heavy (non-hydrogen) atoms. The van der Waals surface area contributed by atoms with E-state index >= 15 is 0 Å². The second-order valence-electron chi connectivity index (χ2n) is 5.77. The monoisotopic (exact) mass is 391 g/mol. The van der Waals surface area contributed by atoms with Crippen molar-refractivity contribution < 1.29 is 9.53 Å². The van der Waals surface area contributed by atoms with Gasteiger partial charge in [0, 0.05) is 36.9 Å². The lowest BCUT2D eigenvalue weighted by Gasteiger charge is -2.37. The lowest BCUT2D eigenvalue weighted by atomic mass is 10.00. The standard InChI is InChI=1S/C18H22BrN3O2/c1-24-15-7-5-14(6-8-15)17-16-4-2-11-21(16)12-13-22(17)18(23)20-10-3-9-19/h2,4-8,11,17H,3,9-10,12-13H2,1H3,(H,20,23)/t17-/m0/s1. The van der Waals surface area contributed by atoms with Gasteiger partial charge in [-0.1, -0.05) is 28.1 Å². The van der Waals surface area contributed by atoms with E-state index in [4.69, 9.17) is 4.74 Å². The molecule has 0 spiro atoms. The predicted octanol–water partition coefficient (Wildman–Crippen LogP) is 3.40. The van der Waals surface area contributed by atoms with Gasteiger partial charge in [0.1, 0.15) is 5.75 Å². The molecule has 0 saturated carbocycles. The molecule has 1 aliphatic heterocycles. The van der Waals surface area contributed by atoms with Crippen LogP contribution in [0.1, 0.15) is 23.7 Å². The molecule has 1 atom stereocenters. The molecular formula is C18H22BrN3O2. The number of fused-ring (bicyclic) bond motifs is 1. The van der Waals surface area contributed by atoms with Gasteiger partial charge < -0.3 is 19.5 Å². The minimum atomic E-state index is -0.0800. The van der Waals surface area contributed by atoms with Crippen LogP contribution in [0.3, 0.4) is 0 Å². The number of hydrogen-bond donors (Lipinski definition) is 1. The van der Waals surface area contributed by atoms with E-state index in [1.54, 1.807) is 7.11 Å². The lowest BCUT2D eigenvalue weighted by Crippen LogP contribution is -2.47. The Morgan fingerprint density at radius 1 is 1.29 bits per heavy atom. The highest BCUT2D eigenvalue weighted by Gasteiger charge is 2.31. The zero-order chi connectivity index (χ0) is 16.9. The summed E-state index contributed by atoms with van der Waals surface area (Å²) in [6.45, 7) is 2.19. The maximum absolute atomic E-state index is 12.7. The van der Waals surface area contributed by atoms with Crippen molar-refractivity contribution in [2.45, 2.75) is 19.0 Å². The van der Waals surface area contributed by atoms with Gasteiger partial charge in [-0.15, -0.1) is 0 Å². The molecule has 0 aliphatic carbocycles. The van der Waals surface area contributed by atoms with E-state index in [2.05, 4.69) is 38.1 Å². The number of rotatable bonds is 5. The summed E-state index contributed by atoms with van der Waals surface area (Å²) in [5.74, 6) is 0.818. The number of amides is 2. The van der Waals surface area contributed by atoms with Gasteiger partial charge in [0.25, 0.3) is 0 Å². The molecule has 1 aliphatic rings. The molecule has 6 heteroatoms.